The first kappa shape index (κ1) is 16.0. The predicted octanol–water partition coefficient (Wildman–Crippen LogP) is 3.40. The van der Waals surface area contributed by atoms with Gasteiger partial charge in [-0.3, -0.25) is 0 Å². The van der Waals surface area contributed by atoms with Gasteiger partial charge in [0.2, 0.25) is 0 Å². The molecule has 114 valence electrons. The van der Waals surface area contributed by atoms with Crippen molar-refractivity contribution in [1.82, 2.24) is 4.31 Å². The van der Waals surface area contributed by atoms with Crippen LogP contribution in [-0.2, 0) is 16.4 Å². The molecule has 1 N–H and O–H groups in total. The molecule has 0 aliphatic rings. The zero-order chi connectivity index (χ0) is 15.6. The van der Waals surface area contributed by atoms with Gasteiger partial charge in [-0.15, -0.1) is 11.3 Å². The smallest absolute Gasteiger partial charge is 0.252 e. The van der Waals surface area contributed by atoms with E-state index in [9.17, 15) is 13.5 Å². The van der Waals surface area contributed by atoms with Crippen LogP contribution in [0.3, 0.4) is 0 Å². The molecule has 4 nitrogen and oxygen atoms in total. The molecule has 0 aliphatic heterocycles. The summed E-state index contributed by atoms with van der Waals surface area (Å²) in [5.74, 6) is 0.104. The molecule has 0 aliphatic carbocycles. The molecule has 0 bridgehead atoms. The topological polar surface area (TPSA) is 57.6 Å². The fraction of sp³-hybridized carbons (Fsp3) is 0.333. The van der Waals surface area contributed by atoms with Crippen LogP contribution in [0.5, 0.6) is 5.75 Å². The highest BCUT2D eigenvalue weighted by molar-refractivity contribution is 7.91. The van der Waals surface area contributed by atoms with Gasteiger partial charge in [-0.25, -0.2) is 8.42 Å². The van der Waals surface area contributed by atoms with Gasteiger partial charge in [0.1, 0.15) is 9.96 Å². The Bertz CT molecular complexity index is 722. The van der Waals surface area contributed by atoms with E-state index in [1.165, 1.54) is 22.7 Å². The van der Waals surface area contributed by atoms with Crippen LogP contribution in [0.15, 0.2) is 40.6 Å². The van der Waals surface area contributed by atoms with Gasteiger partial charge in [0.25, 0.3) is 10.0 Å². The summed E-state index contributed by atoms with van der Waals surface area (Å²) in [5, 5.41) is 9.89. The van der Waals surface area contributed by atoms with Gasteiger partial charge in [0, 0.05) is 17.5 Å². The third kappa shape index (κ3) is 3.12. The van der Waals surface area contributed by atoms with Crippen molar-refractivity contribution in [2.75, 3.05) is 7.05 Å². The van der Waals surface area contributed by atoms with Crippen molar-refractivity contribution < 1.29 is 13.5 Å². The van der Waals surface area contributed by atoms with Crippen molar-refractivity contribution >= 4 is 21.4 Å². The summed E-state index contributed by atoms with van der Waals surface area (Å²) < 4.78 is 26.9. The number of sulfonamides is 1. The van der Waals surface area contributed by atoms with Crippen molar-refractivity contribution in [2.45, 2.75) is 30.5 Å². The minimum atomic E-state index is -3.55. The lowest BCUT2D eigenvalue weighted by atomic mass is 10.1. The van der Waals surface area contributed by atoms with E-state index in [4.69, 9.17) is 0 Å². The monoisotopic (exact) mass is 325 g/mol. The number of thiophene rings is 1. The standard InChI is InChI=1S/C15H19NO3S2/c1-4-12-9-10-15(20-12)21(18,19)16(3)11(2)13-7-5-6-8-14(13)17/h5-11,17H,4H2,1-3H3. The van der Waals surface area contributed by atoms with Gasteiger partial charge >= 0.3 is 0 Å². The van der Waals surface area contributed by atoms with Crippen LogP contribution in [0.25, 0.3) is 0 Å². The summed E-state index contributed by atoms with van der Waals surface area (Å²) in [4.78, 5) is 1.04. The molecule has 2 rings (SSSR count). The molecule has 0 saturated carbocycles. The van der Waals surface area contributed by atoms with Crippen molar-refractivity contribution in [3.05, 3.63) is 46.8 Å². The third-order valence-corrected chi connectivity index (χ3v) is 7.18. The maximum atomic E-state index is 12.6. The minimum absolute atomic E-state index is 0.104. The van der Waals surface area contributed by atoms with E-state index < -0.39 is 16.1 Å². The Morgan fingerprint density at radius 1 is 1.24 bits per heavy atom. The van der Waals surface area contributed by atoms with Gasteiger partial charge in [-0.2, -0.15) is 4.31 Å². The van der Waals surface area contributed by atoms with Crippen LogP contribution >= 0.6 is 11.3 Å². The molecular formula is C15H19NO3S2. The van der Waals surface area contributed by atoms with E-state index in [0.717, 1.165) is 11.3 Å². The van der Waals surface area contributed by atoms with Crippen LogP contribution in [0.4, 0.5) is 0 Å². The lowest BCUT2D eigenvalue weighted by Gasteiger charge is -2.24. The second-order valence-corrected chi connectivity index (χ2v) is 8.22. The number of aromatic hydroxyl groups is 1. The van der Waals surface area contributed by atoms with Crippen molar-refractivity contribution in [1.29, 1.82) is 0 Å². The number of phenols is 1. The fourth-order valence-electron chi connectivity index (χ4n) is 2.07. The second-order valence-electron chi connectivity index (χ2n) is 4.83. The highest BCUT2D eigenvalue weighted by atomic mass is 32.2. The van der Waals surface area contributed by atoms with Gasteiger partial charge in [-0.05, 0) is 31.5 Å². The van der Waals surface area contributed by atoms with Gasteiger partial charge in [-0.1, -0.05) is 25.1 Å². The summed E-state index contributed by atoms with van der Waals surface area (Å²) in [7, 11) is -2.01. The summed E-state index contributed by atoms with van der Waals surface area (Å²) in [6.45, 7) is 3.76. The van der Waals surface area contributed by atoms with Crippen LogP contribution in [0.1, 0.15) is 30.3 Å². The third-order valence-electron chi connectivity index (χ3n) is 3.55. The van der Waals surface area contributed by atoms with Crippen molar-refractivity contribution in [2.24, 2.45) is 0 Å². The molecule has 0 radical (unpaired) electrons. The largest absolute Gasteiger partial charge is 0.508 e. The van der Waals surface area contributed by atoms with Crippen LogP contribution in [-0.4, -0.2) is 24.9 Å². The summed E-state index contributed by atoms with van der Waals surface area (Å²) >= 11 is 1.29. The zero-order valence-electron chi connectivity index (χ0n) is 12.3. The average molecular weight is 325 g/mol. The van der Waals surface area contributed by atoms with E-state index in [2.05, 4.69) is 0 Å². The SMILES string of the molecule is CCc1ccc(S(=O)(=O)N(C)C(C)c2ccccc2O)s1. The van der Waals surface area contributed by atoms with E-state index in [1.54, 1.807) is 37.3 Å². The molecule has 1 aromatic carbocycles. The van der Waals surface area contributed by atoms with Crippen LogP contribution in [0.2, 0.25) is 0 Å². The number of rotatable bonds is 5. The summed E-state index contributed by atoms with van der Waals surface area (Å²) in [6.07, 6.45) is 0.818. The summed E-state index contributed by atoms with van der Waals surface area (Å²) in [6, 6.07) is 9.84. The Morgan fingerprint density at radius 2 is 1.90 bits per heavy atom. The van der Waals surface area contributed by atoms with Gasteiger partial charge in [0.15, 0.2) is 0 Å². The predicted molar refractivity (Wildman–Crippen MR) is 85.2 cm³/mol. The minimum Gasteiger partial charge on any atom is -0.508 e. The normalized spacial score (nSPS) is 13.5. The number of hydrogen-bond donors (Lipinski definition) is 1. The number of para-hydroxylation sites is 1. The Kier molecular flexibility index (Phi) is 4.70. The van der Waals surface area contributed by atoms with Crippen molar-refractivity contribution in [3.8, 4) is 5.75 Å². The fourth-order valence-corrected chi connectivity index (χ4v) is 4.90. The average Bonchev–Trinajstić information content (AvgIpc) is 2.96. The van der Waals surface area contributed by atoms with Gasteiger partial charge < -0.3 is 5.11 Å². The highest BCUT2D eigenvalue weighted by Crippen LogP contribution is 2.33. The maximum Gasteiger partial charge on any atom is 0.252 e. The zero-order valence-corrected chi connectivity index (χ0v) is 13.9. The molecule has 1 atom stereocenters. The molecule has 1 unspecified atom stereocenters. The number of nitrogens with zero attached hydrogens (tertiary/aromatic N) is 1. The van der Waals surface area contributed by atoms with Gasteiger partial charge in [0.05, 0.1) is 6.04 Å². The molecule has 2 aromatic rings. The molecule has 0 fully saturated rings. The molecule has 0 amide bonds. The number of hydrogen-bond acceptors (Lipinski definition) is 4. The first-order valence-corrected chi connectivity index (χ1v) is 8.98. The summed E-state index contributed by atoms with van der Waals surface area (Å²) in [5.41, 5.74) is 0.593. The molecule has 6 heteroatoms. The maximum absolute atomic E-state index is 12.6. The van der Waals surface area contributed by atoms with Crippen molar-refractivity contribution in [3.63, 3.8) is 0 Å². The van der Waals surface area contributed by atoms with E-state index in [1.807, 2.05) is 13.0 Å². The number of benzene rings is 1. The first-order valence-electron chi connectivity index (χ1n) is 6.72. The Morgan fingerprint density at radius 3 is 2.48 bits per heavy atom. The lowest BCUT2D eigenvalue weighted by Crippen LogP contribution is -2.29. The molecule has 21 heavy (non-hydrogen) atoms. The van der Waals surface area contributed by atoms with Crippen LogP contribution in [0, 0.1) is 0 Å². The molecular weight excluding hydrogens is 306 g/mol. The number of aryl methyl sites for hydroxylation is 1. The Labute approximate surface area is 129 Å². The molecule has 0 saturated heterocycles. The highest BCUT2D eigenvalue weighted by Gasteiger charge is 2.28. The Balaban J connectivity index is 2.34. The Hall–Kier alpha value is -1.37. The quantitative estimate of drug-likeness (QED) is 0.916. The van der Waals surface area contributed by atoms with E-state index in [-0.39, 0.29) is 5.75 Å². The van der Waals surface area contributed by atoms with E-state index in [0.29, 0.717) is 9.77 Å². The first-order chi connectivity index (χ1) is 9.87. The molecule has 0 spiro atoms. The van der Waals surface area contributed by atoms with E-state index >= 15 is 0 Å². The molecule has 1 aromatic heterocycles. The number of phenolic OH excluding ortho intramolecular Hbond substituents is 1. The van der Waals surface area contributed by atoms with Crippen LogP contribution < -0.4 is 0 Å². The molecule has 1 heterocycles. The second kappa shape index (κ2) is 6.17. The lowest BCUT2D eigenvalue weighted by molar-refractivity contribution is 0.382.